The molecular formula is C21H14N5O2+. The maximum absolute atomic E-state index is 6.26. The first-order valence-electron chi connectivity index (χ1n) is 8.83. The molecule has 0 saturated carbocycles. The van der Waals surface area contributed by atoms with Crippen molar-refractivity contribution in [2.45, 2.75) is 0 Å². The summed E-state index contributed by atoms with van der Waals surface area (Å²) in [6, 6.07) is 17.8. The summed E-state index contributed by atoms with van der Waals surface area (Å²) in [5.41, 5.74) is 2.40. The lowest BCUT2D eigenvalue weighted by atomic mass is 10.1. The normalized spacial score (nSPS) is 20.1. The van der Waals surface area contributed by atoms with Crippen molar-refractivity contribution in [3.8, 4) is 0 Å². The molecule has 0 amide bonds. The molecule has 0 radical (unpaired) electrons. The van der Waals surface area contributed by atoms with E-state index in [9.17, 15) is 0 Å². The molecule has 0 bridgehead atoms. The van der Waals surface area contributed by atoms with Gasteiger partial charge in [-0.2, -0.15) is 4.99 Å². The van der Waals surface area contributed by atoms with Crippen LogP contribution in [0.3, 0.4) is 0 Å². The Morgan fingerprint density at radius 1 is 0.929 bits per heavy atom. The van der Waals surface area contributed by atoms with Crippen molar-refractivity contribution >= 4 is 51.9 Å². The number of benzene rings is 2. The van der Waals surface area contributed by atoms with Crippen LogP contribution in [0.2, 0.25) is 0 Å². The summed E-state index contributed by atoms with van der Waals surface area (Å²) >= 11 is 0. The van der Waals surface area contributed by atoms with Crippen LogP contribution in [0, 0.1) is 0 Å². The molecule has 0 N–H and O–H groups in total. The summed E-state index contributed by atoms with van der Waals surface area (Å²) in [6.45, 7) is 0. The second-order valence-corrected chi connectivity index (χ2v) is 6.46. The van der Waals surface area contributed by atoms with Gasteiger partial charge in [0.05, 0.1) is 12.5 Å². The van der Waals surface area contributed by atoms with E-state index >= 15 is 0 Å². The molecule has 0 saturated heterocycles. The molecule has 134 valence electrons. The lowest BCUT2D eigenvalue weighted by molar-refractivity contribution is -0.794. The molecular weight excluding hydrogens is 354 g/mol. The van der Waals surface area contributed by atoms with Gasteiger partial charge in [-0.1, -0.05) is 30.3 Å². The highest BCUT2D eigenvalue weighted by Crippen LogP contribution is 2.42. The van der Waals surface area contributed by atoms with Crippen LogP contribution < -0.4 is 5.01 Å². The first-order chi connectivity index (χ1) is 13.9. The third-order valence-corrected chi connectivity index (χ3v) is 4.94. The van der Waals surface area contributed by atoms with Gasteiger partial charge in [0.2, 0.25) is 0 Å². The lowest BCUT2D eigenvalue weighted by Crippen LogP contribution is -2.54. The van der Waals surface area contributed by atoms with E-state index in [1.165, 1.54) is 6.34 Å². The zero-order valence-corrected chi connectivity index (χ0v) is 14.6. The minimum atomic E-state index is -0.0346. The largest absolute Gasteiger partial charge is 0.454 e. The van der Waals surface area contributed by atoms with Gasteiger partial charge in [-0.25, -0.2) is 0 Å². The van der Waals surface area contributed by atoms with Crippen LogP contribution in [0.5, 0.6) is 0 Å². The Bertz CT molecular complexity index is 1330. The number of aliphatic imine (C=N–C) groups is 2. The number of anilines is 2. The van der Waals surface area contributed by atoms with E-state index in [1.54, 1.807) is 18.7 Å². The summed E-state index contributed by atoms with van der Waals surface area (Å²) in [6.07, 6.45) is 8.42. The molecule has 4 aromatic rings. The van der Waals surface area contributed by atoms with Crippen molar-refractivity contribution in [2.75, 3.05) is 5.01 Å². The molecule has 1 atom stereocenters. The first kappa shape index (κ1) is 15.1. The number of amidine groups is 1. The van der Waals surface area contributed by atoms with E-state index in [4.69, 9.17) is 8.83 Å². The molecule has 6 rings (SSSR count). The summed E-state index contributed by atoms with van der Waals surface area (Å²) in [4.78, 5) is 8.60. The van der Waals surface area contributed by atoms with E-state index in [0.717, 1.165) is 27.6 Å². The number of quaternary nitrogens is 1. The molecule has 2 aliphatic heterocycles. The topological polar surface area (TPSA) is 66.6 Å². The van der Waals surface area contributed by atoms with Gasteiger partial charge in [-0.3, -0.25) is 4.99 Å². The fourth-order valence-corrected chi connectivity index (χ4v) is 3.73. The zero-order chi connectivity index (χ0) is 18.6. The van der Waals surface area contributed by atoms with Crippen molar-refractivity contribution in [2.24, 2.45) is 15.1 Å². The SMILES string of the molecule is C1=C[N+]2(N(c3ccco3)c3cccc4c3oc3ccccc34)N=CN=C2C=N1. The van der Waals surface area contributed by atoms with Gasteiger partial charge < -0.3 is 8.83 Å². The number of hydrogen-bond acceptors (Lipinski definition) is 6. The van der Waals surface area contributed by atoms with Gasteiger partial charge in [-0.05, 0) is 28.0 Å². The Morgan fingerprint density at radius 3 is 2.79 bits per heavy atom. The van der Waals surface area contributed by atoms with E-state index in [0.29, 0.717) is 11.7 Å². The van der Waals surface area contributed by atoms with Crippen LogP contribution >= 0.6 is 0 Å². The molecule has 2 aromatic carbocycles. The van der Waals surface area contributed by atoms with Gasteiger partial charge in [0.15, 0.2) is 18.1 Å². The minimum absolute atomic E-state index is 0.0346. The first-order valence-corrected chi connectivity index (χ1v) is 8.83. The highest BCUT2D eigenvalue weighted by Gasteiger charge is 2.47. The van der Waals surface area contributed by atoms with Crippen molar-refractivity contribution in [3.63, 3.8) is 0 Å². The monoisotopic (exact) mass is 368 g/mol. The van der Waals surface area contributed by atoms with Crippen molar-refractivity contribution in [1.29, 1.82) is 0 Å². The van der Waals surface area contributed by atoms with Gasteiger partial charge >= 0.3 is 5.84 Å². The van der Waals surface area contributed by atoms with E-state index in [2.05, 4.69) is 27.2 Å². The van der Waals surface area contributed by atoms with Crippen LogP contribution in [0.25, 0.3) is 21.9 Å². The number of para-hydroxylation sites is 2. The van der Waals surface area contributed by atoms with Gasteiger partial charge in [0.25, 0.3) is 5.88 Å². The van der Waals surface area contributed by atoms with E-state index in [1.807, 2.05) is 53.7 Å². The molecule has 0 aliphatic carbocycles. The van der Waals surface area contributed by atoms with Crippen molar-refractivity contribution in [3.05, 3.63) is 73.3 Å². The van der Waals surface area contributed by atoms with Crippen LogP contribution in [-0.4, -0.2) is 23.1 Å². The highest BCUT2D eigenvalue weighted by molar-refractivity contribution is 6.29. The predicted octanol–water partition coefficient (Wildman–Crippen LogP) is 4.96. The van der Waals surface area contributed by atoms with Crippen LogP contribution in [0.15, 0.2) is 97.2 Å². The Labute approximate surface area is 159 Å². The summed E-state index contributed by atoms with van der Waals surface area (Å²) in [5.74, 6) is 1.27. The van der Waals surface area contributed by atoms with Crippen LogP contribution in [-0.2, 0) is 0 Å². The van der Waals surface area contributed by atoms with Crippen LogP contribution in [0.4, 0.5) is 11.6 Å². The van der Waals surface area contributed by atoms with E-state index in [-0.39, 0.29) is 4.70 Å². The Kier molecular flexibility index (Phi) is 2.98. The smallest absolute Gasteiger partial charge is 0.305 e. The van der Waals surface area contributed by atoms with Crippen molar-refractivity contribution in [1.82, 2.24) is 0 Å². The average molecular weight is 368 g/mol. The fraction of sp³-hybridized carbons (Fsp3) is 0. The van der Waals surface area contributed by atoms with Crippen LogP contribution in [0.1, 0.15) is 0 Å². The molecule has 0 spiro atoms. The predicted molar refractivity (Wildman–Crippen MR) is 108 cm³/mol. The molecule has 7 heteroatoms. The molecule has 0 fully saturated rings. The lowest BCUT2D eigenvalue weighted by Gasteiger charge is -2.34. The Hall–Kier alpha value is -3.97. The summed E-state index contributed by atoms with van der Waals surface area (Å²) in [5, 5.41) is 8.67. The molecule has 2 aliphatic rings. The second-order valence-electron chi connectivity index (χ2n) is 6.46. The Morgan fingerprint density at radius 2 is 1.86 bits per heavy atom. The number of furan rings is 2. The third kappa shape index (κ3) is 1.93. The maximum atomic E-state index is 6.26. The molecule has 1 unspecified atom stereocenters. The average Bonchev–Trinajstić information content (AvgIpc) is 3.47. The maximum Gasteiger partial charge on any atom is 0.305 e. The molecule has 28 heavy (non-hydrogen) atoms. The van der Waals surface area contributed by atoms with Gasteiger partial charge in [0.1, 0.15) is 17.5 Å². The minimum Gasteiger partial charge on any atom is -0.454 e. The standard InChI is InChI=1S/C21H14N5O2/c1-2-8-18-15(5-1)16-6-3-7-17(21(16)28-18)25(20-9-4-12-27-20)26-11-10-22-13-19(26)23-14-24-26/h1-14H/q+1. The van der Waals surface area contributed by atoms with Crippen molar-refractivity contribution < 1.29 is 13.5 Å². The molecule has 4 heterocycles. The number of fused-ring (bicyclic) bond motifs is 4. The van der Waals surface area contributed by atoms with Gasteiger partial charge in [0, 0.05) is 16.8 Å². The summed E-state index contributed by atoms with van der Waals surface area (Å²) in [7, 11) is 0. The number of hydrogen-bond donors (Lipinski definition) is 0. The quantitative estimate of drug-likeness (QED) is 0.480. The summed E-state index contributed by atoms with van der Waals surface area (Å²) < 4.78 is 12.0. The third-order valence-electron chi connectivity index (χ3n) is 4.94. The second kappa shape index (κ2) is 5.51. The zero-order valence-electron chi connectivity index (χ0n) is 14.6. The number of nitrogens with zero attached hydrogens (tertiary/aromatic N) is 5. The number of rotatable bonds is 3. The Balaban J connectivity index is 1.68. The van der Waals surface area contributed by atoms with Gasteiger partial charge in [-0.15, -0.1) is 5.01 Å². The fourth-order valence-electron chi connectivity index (χ4n) is 3.73. The molecule has 2 aromatic heterocycles. The van der Waals surface area contributed by atoms with E-state index < -0.39 is 0 Å². The molecule has 7 nitrogen and oxygen atoms in total. The highest BCUT2D eigenvalue weighted by atomic mass is 16.4.